The summed E-state index contributed by atoms with van der Waals surface area (Å²) in [5, 5.41) is 0.350. The number of rotatable bonds is 3. The van der Waals surface area contributed by atoms with Crippen LogP contribution in [-0.2, 0) is 4.74 Å². The molecule has 0 amide bonds. The molecule has 0 saturated carbocycles. The molecule has 0 aromatic rings. The number of hydrogen-bond acceptors (Lipinski definition) is 2. The zero-order valence-electron chi connectivity index (χ0n) is 7.92. The molecule has 0 spiro atoms. The molecule has 0 N–H and O–H groups in total. The Morgan fingerprint density at radius 3 is 3.00 bits per heavy atom. The van der Waals surface area contributed by atoms with Crippen molar-refractivity contribution in [2.75, 3.05) is 26.7 Å². The predicted molar refractivity (Wildman–Crippen MR) is 51.8 cm³/mol. The maximum atomic E-state index is 6.06. The lowest BCUT2D eigenvalue weighted by Crippen LogP contribution is -2.40. The highest BCUT2D eigenvalue weighted by atomic mass is 35.5. The molecule has 12 heavy (non-hydrogen) atoms. The Labute approximate surface area is 79.8 Å². The fourth-order valence-electron chi connectivity index (χ4n) is 1.60. The molecule has 1 heterocycles. The number of hydrogen-bond donors (Lipinski definition) is 0. The fourth-order valence-corrected chi connectivity index (χ4v) is 1.95. The van der Waals surface area contributed by atoms with Gasteiger partial charge in [0.25, 0.3) is 0 Å². The molecule has 1 saturated heterocycles. The average molecular weight is 192 g/mol. The first-order valence-corrected chi connectivity index (χ1v) is 5.05. The van der Waals surface area contributed by atoms with E-state index in [1.807, 2.05) is 0 Å². The van der Waals surface area contributed by atoms with Gasteiger partial charge in [0.1, 0.15) is 0 Å². The van der Waals surface area contributed by atoms with Crippen LogP contribution >= 0.6 is 11.6 Å². The van der Waals surface area contributed by atoms with Crippen LogP contribution in [0.4, 0.5) is 0 Å². The minimum Gasteiger partial charge on any atom is -0.380 e. The first-order chi connectivity index (χ1) is 5.72. The second-order valence-electron chi connectivity index (χ2n) is 3.55. The van der Waals surface area contributed by atoms with E-state index in [9.17, 15) is 0 Å². The first-order valence-electron chi connectivity index (χ1n) is 4.61. The Morgan fingerprint density at radius 1 is 1.67 bits per heavy atom. The van der Waals surface area contributed by atoms with Crippen LogP contribution in [0.5, 0.6) is 0 Å². The standard InChI is InChI=1S/C9H18ClNO/c1-8(12-2)6-11-5-3-4-9(10)7-11/h8-9H,3-7H2,1-2H3. The van der Waals surface area contributed by atoms with Crippen LogP contribution in [0.1, 0.15) is 19.8 Å². The van der Waals surface area contributed by atoms with E-state index < -0.39 is 0 Å². The number of ether oxygens (including phenoxy) is 1. The third kappa shape index (κ3) is 3.30. The highest BCUT2D eigenvalue weighted by molar-refractivity contribution is 6.20. The van der Waals surface area contributed by atoms with Gasteiger partial charge in [0.05, 0.1) is 6.10 Å². The van der Waals surface area contributed by atoms with Crippen molar-refractivity contribution < 1.29 is 4.74 Å². The van der Waals surface area contributed by atoms with E-state index >= 15 is 0 Å². The predicted octanol–water partition coefficient (Wildman–Crippen LogP) is 1.72. The highest BCUT2D eigenvalue weighted by Gasteiger charge is 2.18. The van der Waals surface area contributed by atoms with Gasteiger partial charge in [0.15, 0.2) is 0 Å². The molecule has 1 rings (SSSR count). The molecule has 2 unspecified atom stereocenters. The Hall–Kier alpha value is 0.210. The van der Waals surface area contributed by atoms with Crippen LogP contribution in [0.3, 0.4) is 0 Å². The van der Waals surface area contributed by atoms with Crippen LogP contribution in [0, 0.1) is 0 Å². The lowest BCUT2D eigenvalue weighted by molar-refractivity contribution is 0.0706. The summed E-state index contributed by atoms with van der Waals surface area (Å²) < 4.78 is 5.20. The van der Waals surface area contributed by atoms with E-state index in [0.29, 0.717) is 11.5 Å². The summed E-state index contributed by atoms with van der Waals surface area (Å²) in [6, 6.07) is 0. The van der Waals surface area contributed by atoms with Crippen molar-refractivity contribution in [3.63, 3.8) is 0 Å². The SMILES string of the molecule is COC(C)CN1CCCC(Cl)C1. The van der Waals surface area contributed by atoms with Crippen molar-refractivity contribution in [2.45, 2.75) is 31.2 Å². The van der Waals surface area contributed by atoms with Crippen LogP contribution in [0.15, 0.2) is 0 Å². The molecule has 2 atom stereocenters. The highest BCUT2D eigenvalue weighted by Crippen LogP contribution is 2.15. The minimum atomic E-state index is 0.326. The Bertz CT molecular complexity index is 132. The van der Waals surface area contributed by atoms with Crippen molar-refractivity contribution in [1.82, 2.24) is 4.90 Å². The van der Waals surface area contributed by atoms with Crippen molar-refractivity contribution in [1.29, 1.82) is 0 Å². The van der Waals surface area contributed by atoms with Gasteiger partial charge in [-0.25, -0.2) is 0 Å². The number of nitrogens with zero attached hydrogens (tertiary/aromatic N) is 1. The summed E-state index contributed by atoms with van der Waals surface area (Å²) in [4.78, 5) is 2.38. The van der Waals surface area contributed by atoms with Crippen molar-refractivity contribution in [3.8, 4) is 0 Å². The molecule has 0 aromatic carbocycles. The summed E-state index contributed by atoms with van der Waals surface area (Å²) in [5.41, 5.74) is 0. The molecular weight excluding hydrogens is 174 g/mol. The molecule has 0 aromatic heterocycles. The quantitative estimate of drug-likeness (QED) is 0.630. The van der Waals surface area contributed by atoms with Gasteiger partial charge in [-0.05, 0) is 26.3 Å². The smallest absolute Gasteiger partial charge is 0.0670 e. The molecule has 72 valence electrons. The fraction of sp³-hybridized carbons (Fsp3) is 1.00. The Balaban J connectivity index is 2.22. The van der Waals surface area contributed by atoms with Crippen LogP contribution in [0.2, 0.25) is 0 Å². The maximum absolute atomic E-state index is 6.06. The average Bonchev–Trinajstić information content (AvgIpc) is 2.04. The molecule has 1 aliphatic heterocycles. The van der Waals surface area contributed by atoms with Crippen LogP contribution in [-0.4, -0.2) is 43.1 Å². The summed E-state index contributed by atoms with van der Waals surface area (Å²) in [6.45, 7) is 5.31. The van der Waals surface area contributed by atoms with E-state index in [2.05, 4.69) is 11.8 Å². The third-order valence-corrected chi connectivity index (χ3v) is 2.72. The normalized spacial score (nSPS) is 28.8. The zero-order valence-corrected chi connectivity index (χ0v) is 8.68. The van der Waals surface area contributed by atoms with Gasteiger partial charge in [-0.1, -0.05) is 0 Å². The molecule has 0 radical (unpaired) electrons. The largest absolute Gasteiger partial charge is 0.380 e. The lowest BCUT2D eigenvalue weighted by atomic mass is 10.1. The zero-order chi connectivity index (χ0) is 8.97. The third-order valence-electron chi connectivity index (χ3n) is 2.37. The number of piperidine rings is 1. The van der Waals surface area contributed by atoms with E-state index in [1.54, 1.807) is 7.11 Å². The molecule has 1 fully saturated rings. The van der Waals surface area contributed by atoms with Gasteiger partial charge < -0.3 is 4.74 Å². The first kappa shape index (κ1) is 10.3. The summed E-state index contributed by atoms with van der Waals surface area (Å²) >= 11 is 6.06. The van der Waals surface area contributed by atoms with Crippen molar-refractivity contribution >= 4 is 11.6 Å². The monoisotopic (exact) mass is 191 g/mol. The number of alkyl halides is 1. The minimum absolute atomic E-state index is 0.326. The Morgan fingerprint density at radius 2 is 2.42 bits per heavy atom. The van der Waals surface area contributed by atoms with Gasteiger partial charge in [-0.3, -0.25) is 4.90 Å². The van der Waals surface area contributed by atoms with Gasteiger partial charge in [0, 0.05) is 25.6 Å². The van der Waals surface area contributed by atoms with Gasteiger partial charge in [-0.15, -0.1) is 11.6 Å². The molecule has 3 heteroatoms. The second kappa shape index (κ2) is 5.05. The Kier molecular flexibility index (Phi) is 4.33. The molecule has 1 aliphatic rings. The molecule has 2 nitrogen and oxygen atoms in total. The van der Waals surface area contributed by atoms with E-state index in [1.165, 1.54) is 19.4 Å². The van der Waals surface area contributed by atoms with E-state index in [0.717, 1.165) is 13.1 Å². The van der Waals surface area contributed by atoms with E-state index in [4.69, 9.17) is 16.3 Å². The number of likely N-dealkylation sites (tertiary alicyclic amines) is 1. The maximum Gasteiger partial charge on any atom is 0.0670 e. The summed E-state index contributed by atoms with van der Waals surface area (Å²) in [6.07, 6.45) is 2.72. The van der Waals surface area contributed by atoms with Gasteiger partial charge >= 0.3 is 0 Å². The topological polar surface area (TPSA) is 12.5 Å². The van der Waals surface area contributed by atoms with E-state index in [-0.39, 0.29) is 0 Å². The summed E-state index contributed by atoms with van der Waals surface area (Å²) in [5.74, 6) is 0. The number of methoxy groups -OCH3 is 1. The molecular formula is C9H18ClNO. The summed E-state index contributed by atoms with van der Waals surface area (Å²) in [7, 11) is 1.76. The molecule has 0 aliphatic carbocycles. The molecule has 0 bridgehead atoms. The lowest BCUT2D eigenvalue weighted by Gasteiger charge is -2.31. The van der Waals surface area contributed by atoms with Gasteiger partial charge in [-0.2, -0.15) is 0 Å². The van der Waals surface area contributed by atoms with Crippen LogP contribution < -0.4 is 0 Å². The van der Waals surface area contributed by atoms with Crippen LogP contribution in [0.25, 0.3) is 0 Å². The van der Waals surface area contributed by atoms with Crippen molar-refractivity contribution in [3.05, 3.63) is 0 Å². The second-order valence-corrected chi connectivity index (χ2v) is 4.16. The van der Waals surface area contributed by atoms with Crippen molar-refractivity contribution in [2.24, 2.45) is 0 Å². The van der Waals surface area contributed by atoms with Gasteiger partial charge in [0.2, 0.25) is 0 Å². The number of halogens is 1.